The predicted octanol–water partition coefficient (Wildman–Crippen LogP) is 5.69. The van der Waals surface area contributed by atoms with Gasteiger partial charge >= 0.3 is 6.03 Å². The Kier molecular flexibility index (Phi) is 5.85. The summed E-state index contributed by atoms with van der Waals surface area (Å²) < 4.78 is 7.84. The zero-order chi connectivity index (χ0) is 22.6. The van der Waals surface area contributed by atoms with Gasteiger partial charge in [-0.3, -0.25) is 0 Å². The van der Waals surface area contributed by atoms with Gasteiger partial charge in [-0.05, 0) is 53.9 Å². The summed E-state index contributed by atoms with van der Waals surface area (Å²) in [5, 5.41) is 3.13. The quantitative estimate of drug-likeness (QED) is 0.436. The molecule has 0 saturated heterocycles. The Morgan fingerprint density at radius 3 is 2.48 bits per heavy atom. The highest BCUT2D eigenvalue weighted by molar-refractivity contribution is 5.76. The number of amides is 2. The molecular formula is C28H27N3O2. The van der Waals surface area contributed by atoms with Gasteiger partial charge in [-0.15, -0.1) is 0 Å². The Morgan fingerprint density at radius 2 is 1.70 bits per heavy atom. The van der Waals surface area contributed by atoms with Gasteiger partial charge in [0.2, 0.25) is 0 Å². The van der Waals surface area contributed by atoms with Crippen LogP contribution in [-0.2, 0) is 13.1 Å². The highest BCUT2D eigenvalue weighted by Gasteiger charge is 2.32. The largest absolute Gasteiger partial charge is 0.494 e. The molecule has 4 aromatic rings. The molecule has 5 rings (SSSR count). The topological polar surface area (TPSA) is 46.5 Å². The number of urea groups is 1. The van der Waals surface area contributed by atoms with Crippen molar-refractivity contribution in [3.8, 4) is 11.4 Å². The Bertz CT molecular complexity index is 1230. The third kappa shape index (κ3) is 4.22. The summed E-state index contributed by atoms with van der Waals surface area (Å²) in [6.07, 6.45) is 2.07. The molecule has 1 aliphatic heterocycles. The molecule has 0 radical (unpaired) electrons. The first-order valence-corrected chi connectivity index (χ1v) is 11.3. The summed E-state index contributed by atoms with van der Waals surface area (Å²) in [6, 6.07) is 30.1. The Morgan fingerprint density at radius 1 is 0.939 bits per heavy atom. The summed E-state index contributed by atoms with van der Waals surface area (Å²) >= 11 is 0. The average molecular weight is 438 g/mol. The number of aromatic nitrogens is 1. The molecule has 2 heterocycles. The van der Waals surface area contributed by atoms with Crippen LogP contribution in [0, 0.1) is 0 Å². The van der Waals surface area contributed by atoms with Crippen LogP contribution in [0.4, 0.5) is 4.79 Å². The molecule has 0 spiro atoms. The highest BCUT2D eigenvalue weighted by atomic mass is 16.5. The molecule has 5 heteroatoms. The van der Waals surface area contributed by atoms with E-state index in [9.17, 15) is 4.79 Å². The third-order valence-corrected chi connectivity index (χ3v) is 6.02. The summed E-state index contributed by atoms with van der Waals surface area (Å²) in [5.74, 6) is 0.827. The SMILES string of the molecule is CCOc1ccc(C2c3cccn3-c3ccccc3CN2C(=O)NCc2ccccc2)cc1. The van der Waals surface area contributed by atoms with E-state index < -0.39 is 0 Å². The number of hydrogen-bond donors (Lipinski definition) is 1. The minimum absolute atomic E-state index is 0.0952. The first kappa shape index (κ1) is 20.9. The van der Waals surface area contributed by atoms with Crippen molar-refractivity contribution in [3.05, 3.63) is 120 Å². The van der Waals surface area contributed by atoms with E-state index in [1.807, 2.05) is 72.5 Å². The molecule has 1 unspecified atom stereocenters. The van der Waals surface area contributed by atoms with Crippen molar-refractivity contribution < 1.29 is 9.53 Å². The minimum Gasteiger partial charge on any atom is -0.494 e. The van der Waals surface area contributed by atoms with E-state index in [1.54, 1.807) is 0 Å². The number of benzene rings is 3. The van der Waals surface area contributed by atoms with Crippen LogP contribution in [0.25, 0.3) is 5.69 Å². The normalized spacial score (nSPS) is 14.7. The fraction of sp³-hybridized carbons (Fsp3) is 0.179. The first-order chi connectivity index (χ1) is 16.2. The van der Waals surface area contributed by atoms with E-state index in [0.717, 1.165) is 33.8 Å². The number of nitrogens with zero attached hydrogens (tertiary/aromatic N) is 2. The lowest BCUT2D eigenvalue weighted by Gasteiger charge is -2.31. The molecule has 0 aliphatic carbocycles. The highest BCUT2D eigenvalue weighted by Crippen LogP contribution is 2.37. The first-order valence-electron chi connectivity index (χ1n) is 11.3. The second-order valence-corrected chi connectivity index (χ2v) is 8.11. The number of fused-ring (bicyclic) bond motifs is 3. The number of rotatable bonds is 5. The van der Waals surface area contributed by atoms with Gasteiger partial charge in [-0.1, -0.05) is 60.7 Å². The average Bonchev–Trinajstić information content (AvgIpc) is 3.28. The molecule has 1 N–H and O–H groups in total. The number of carbonyl (C=O) groups excluding carboxylic acids is 1. The van der Waals surface area contributed by atoms with Gasteiger partial charge in [0.05, 0.1) is 24.9 Å². The lowest BCUT2D eigenvalue weighted by molar-refractivity contribution is 0.180. The van der Waals surface area contributed by atoms with Crippen molar-refractivity contribution >= 4 is 6.03 Å². The van der Waals surface area contributed by atoms with Gasteiger partial charge in [0.1, 0.15) is 5.75 Å². The number of hydrogen-bond acceptors (Lipinski definition) is 2. The van der Waals surface area contributed by atoms with Gasteiger partial charge < -0.3 is 19.5 Å². The maximum atomic E-state index is 13.6. The van der Waals surface area contributed by atoms with Crippen LogP contribution < -0.4 is 10.1 Å². The summed E-state index contributed by atoms with van der Waals surface area (Å²) in [7, 11) is 0. The molecular weight excluding hydrogens is 410 g/mol. The fourth-order valence-corrected chi connectivity index (χ4v) is 4.48. The maximum Gasteiger partial charge on any atom is 0.318 e. The molecule has 0 bridgehead atoms. The van der Waals surface area contributed by atoms with Gasteiger partial charge in [0.25, 0.3) is 0 Å². The van der Waals surface area contributed by atoms with Crippen LogP contribution in [0.5, 0.6) is 5.75 Å². The molecule has 1 atom stereocenters. The van der Waals surface area contributed by atoms with Crippen LogP contribution in [0.3, 0.4) is 0 Å². The third-order valence-electron chi connectivity index (χ3n) is 6.02. The van der Waals surface area contributed by atoms with E-state index in [4.69, 9.17) is 4.74 Å². The van der Waals surface area contributed by atoms with E-state index in [1.165, 1.54) is 0 Å². The lowest BCUT2D eigenvalue weighted by Crippen LogP contribution is -2.41. The number of nitrogens with one attached hydrogen (secondary N) is 1. The fourth-order valence-electron chi connectivity index (χ4n) is 4.48. The summed E-state index contributed by atoms with van der Waals surface area (Å²) in [4.78, 5) is 15.5. The van der Waals surface area contributed by atoms with E-state index >= 15 is 0 Å². The van der Waals surface area contributed by atoms with Crippen molar-refractivity contribution in [3.63, 3.8) is 0 Å². The zero-order valence-electron chi connectivity index (χ0n) is 18.6. The molecule has 5 nitrogen and oxygen atoms in total. The minimum atomic E-state index is -0.237. The molecule has 1 aromatic heterocycles. The van der Waals surface area contributed by atoms with Gasteiger partial charge in [-0.2, -0.15) is 0 Å². The molecule has 33 heavy (non-hydrogen) atoms. The summed E-state index contributed by atoms with van der Waals surface area (Å²) in [6.45, 7) is 3.59. The Balaban J connectivity index is 1.54. The maximum absolute atomic E-state index is 13.6. The molecule has 2 amide bonds. The van der Waals surface area contributed by atoms with Crippen LogP contribution in [-0.4, -0.2) is 22.1 Å². The zero-order valence-corrected chi connectivity index (χ0v) is 18.6. The summed E-state index contributed by atoms with van der Waals surface area (Å²) in [5.41, 5.74) is 5.38. The van der Waals surface area contributed by atoms with Crippen LogP contribution in [0.1, 0.15) is 35.3 Å². The van der Waals surface area contributed by atoms with Crippen molar-refractivity contribution in [2.24, 2.45) is 0 Å². The number of para-hydroxylation sites is 1. The van der Waals surface area contributed by atoms with E-state index in [-0.39, 0.29) is 12.1 Å². The molecule has 166 valence electrons. The number of carbonyl (C=O) groups is 1. The molecule has 3 aromatic carbocycles. The van der Waals surface area contributed by atoms with E-state index in [0.29, 0.717) is 19.7 Å². The second-order valence-electron chi connectivity index (χ2n) is 8.11. The molecule has 1 aliphatic rings. The van der Waals surface area contributed by atoms with Crippen molar-refractivity contribution in [1.82, 2.24) is 14.8 Å². The van der Waals surface area contributed by atoms with Crippen LogP contribution in [0.15, 0.2) is 97.2 Å². The van der Waals surface area contributed by atoms with Crippen LogP contribution in [0.2, 0.25) is 0 Å². The van der Waals surface area contributed by atoms with Crippen molar-refractivity contribution in [2.45, 2.75) is 26.1 Å². The standard InChI is InChI=1S/C28H27N3O2/c1-2-33-24-16-14-22(15-17-24)27-26-13-8-18-30(26)25-12-7-6-11-23(25)20-31(27)28(32)29-19-21-9-4-3-5-10-21/h3-18,27H,2,19-20H2,1H3,(H,29,32). The van der Waals surface area contributed by atoms with Crippen molar-refractivity contribution in [2.75, 3.05) is 6.61 Å². The molecule has 0 fully saturated rings. The Hall–Kier alpha value is -3.99. The second kappa shape index (κ2) is 9.25. The van der Waals surface area contributed by atoms with Gasteiger partial charge in [0, 0.05) is 18.4 Å². The monoisotopic (exact) mass is 437 g/mol. The van der Waals surface area contributed by atoms with Crippen LogP contribution >= 0.6 is 0 Å². The predicted molar refractivity (Wildman–Crippen MR) is 129 cm³/mol. The molecule has 0 saturated carbocycles. The van der Waals surface area contributed by atoms with Gasteiger partial charge in [-0.25, -0.2) is 4.79 Å². The van der Waals surface area contributed by atoms with Gasteiger partial charge in [0.15, 0.2) is 0 Å². The van der Waals surface area contributed by atoms with Crippen molar-refractivity contribution in [1.29, 1.82) is 0 Å². The Labute approximate surface area is 194 Å². The lowest BCUT2D eigenvalue weighted by atomic mass is 10.0. The smallest absolute Gasteiger partial charge is 0.318 e. The number of ether oxygens (including phenoxy) is 1. The van der Waals surface area contributed by atoms with E-state index in [2.05, 4.69) is 46.4 Å².